The molecule has 126 valence electrons. The minimum Gasteiger partial charge on any atom is -0.348 e. The van der Waals surface area contributed by atoms with Crippen LogP contribution in [0.5, 0.6) is 0 Å². The van der Waals surface area contributed by atoms with Gasteiger partial charge in [0.1, 0.15) is 0 Å². The topological polar surface area (TPSA) is 67.8 Å². The second-order valence-electron chi connectivity index (χ2n) is 5.85. The second kappa shape index (κ2) is 7.11. The minimum absolute atomic E-state index is 0.136. The maximum atomic E-state index is 12.8. The summed E-state index contributed by atoms with van der Waals surface area (Å²) in [6.45, 7) is 0.425. The van der Waals surface area contributed by atoms with Gasteiger partial charge in [-0.15, -0.1) is 0 Å². The highest BCUT2D eigenvalue weighted by atomic mass is 16.1. The molecule has 26 heavy (non-hydrogen) atoms. The van der Waals surface area contributed by atoms with Crippen LogP contribution in [0.4, 0.5) is 0 Å². The molecule has 0 aliphatic heterocycles. The van der Waals surface area contributed by atoms with Gasteiger partial charge in [-0.1, -0.05) is 24.3 Å². The van der Waals surface area contributed by atoms with Crippen LogP contribution in [-0.2, 0) is 6.54 Å². The number of pyridine rings is 3. The fraction of sp³-hybridized carbons (Fsp3) is 0.0476. The fourth-order valence-electron chi connectivity index (χ4n) is 2.81. The van der Waals surface area contributed by atoms with Gasteiger partial charge in [-0.05, 0) is 35.9 Å². The highest BCUT2D eigenvalue weighted by molar-refractivity contribution is 6.07. The molecular formula is C21H16N4O. The van der Waals surface area contributed by atoms with Crippen LogP contribution in [0.3, 0.4) is 0 Å². The number of hydrogen-bond donors (Lipinski definition) is 1. The number of rotatable bonds is 4. The first kappa shape index (κ1) is 15.9. The molecule has 0 fully saturated rings. The van der Waals surface area contributed by atoms with E-state index >= 15 is 0 Å². The first-order chi connectivity index (χ1) is 12.8. The standard InChI is InChI=1S/C21H16N4O/c26-21(24-14-15-4-3-9-23-13-15)18-12-20(16-7-10-22-11-8-16)25-19-6-2-1-5-17(18)19/h1-13H,14H2,(H,24,26). The van der Waals surface area contributed by atoms with E-state index in [2.05, 4.69) is 20.3 Å². The average Bonchev–Trinajstić information content (AvgIpc) is 2.72. The van der Waals surface area contributed by atoms with E-state index in [0.29, 0.717) is 12.1 Å². The van der Waals surface area contributed by atoms with Crippen molar-refractivity contribution in [2.75, 3.05) is 0 Å². The average molecular weight is 340 g/mol. The van der Waals surface area contributed by atoms with E-state index in [4.69, 9.17) is 0 Å². The lowest BCUT2D eigenvalue weighted by Gasteiger charge is -2.10. The van der Waals surface area contributed by atoms with E-state index in [1.54, 1.807) is 24.8 Å². The summed E-state index contributed by atoms with van der Waals surface area (Å²) in [5.74, 6) is -0.136. The van der Waals surface area contributed by atoms with Gasteiger partial charge in [0, 0.05) is 42.3 Å². The normalized spacial score (nSPS) is 10.6. The zero-order valence-corrected chi connectivity index (χ0v) is 14.0. The summed E-state index contributed by atoms with van der Waals surface area (Å²) < 4.78 is 0. The summed E-state index contributed by atoms with van der Waals surface area (Å²) in [4.78, 5) is 25.6. The Morgan fingerprint density at radius 3 is 2.58 bits per heavy atom. The largest absolute Gasteiger partial charge is 0.348 e. The molecule has 4 rings (SSSR count). The number of benzene rings is 1. The number of carbonyl (C=O) groups is 1. The van der Waals surface area contributed by atoms with Gasteiger partial charge >= 0.3 is 0 Å². The molecule has 0 aliphatic carbocycles. The molecule has 5 heteroatoms. The van der Waals surface area contributed by atoms with E-state index in [-0.39, 0.29) is 5.91 Å². The lowest BCUT2D eigenvalue weighted by molar-refractivity contribution is 0.0952. The summed E-state index contributed by atoms with van der Waals surface area (Å²) in [6.07, 6.45) is 6.89. The third kappa shape index (κ3) is 3.28. The van der Waals surface area contributed by atoms with E-state index in [1.807, 2.05) is 54.6 Å². The van der Waals surface area contributed by atoms with E-state index in [1.165, 1.54) is 0 Å². The Bertz CT molecular complexity index is 1050. The molecule has 0 spiro atoms. The molecule has 0 saturated heterocycles. The molecule has 3 heterocycles. The fourth-order valence-corrected chi connectivity index (χ4v) is 2.81. The molecule has 4 aromatic rings. The van der Waals surface area contributed by atoms with E-state index in [0.717, 1.165) is 27.7 Å². The van der Waals surface area contributed by atoms with Crippen molar-refractivity contribution in [1.29, 1.82) is 0 Å². The molecular weight excluding hydrogens is 324 g/mol. The summed E-state index contributed by atoms with van der Waals surface area (Å²) in [5, 5.41) is 3.79. The zero-order chi connectivity index (χ0) is 17.8. The molecule has 1 amide bonds. The van der Waals surface area contributed by atoms with Crippen LogP contribution in [0, 0.1) is 0 Å². The number of carbonyl (C=O) groups excluding carboxylic acids is 1. The molecule has 0 saturated carbocycles. The lowest BCUT2D eigenvalue weighted by atomic mass is 10.0. The number of hydrogen-bond acceptors (Lipinski definition) is 4. The van der Waals surface area contributed by atoms with Gasteiger partial charge in [-0.2, -0.15) is 0 Å². The van der Waals surface area contributed by atoms with Gasteiger partial charge in [0.2, 0.25) is 0 Å². The molecule has 0 unspecified atom stereocenters. The van der Waals surface area contributed by atoms with Crippen LogP contribution in [0.25, 0.3) is 22.2 Å². The first-order valence-electron chi connectivity index (χ1n) is 8.28. The molecule has 1 aromatic carbocycles. The van der Waals surface area contributed by atoms with Crippen molar-refractivity contribution >= 4 is 16.8 Å². The Morgan fingerprint density at radius 2 is 1.77 bits per heavy atom. The first-order valence-corrected chi connectivity index (χ1v) is 8.28. The molecule has 0 aliphatic rings. The minimum atomic E-state index is -0.136. The van der Waals surface area contributed by atoms with Crippen LogP contribution < -0.4 is 5.32 Å². The van der Waals surface area contributed by atoms with Gasteiger partial charge in [0.05, 0.1) is 16.8 Å². The highest BCUT2D eigenvalue weighted by Gasteiger charge is 2.13. The molecule has 3 aromatic heterocycles. The number of aromatic nitrogens is 3. The van der Waals surface area contributed by atoms with Gasteiger partial charge in [-0.25, -0.2) is 4.98 Å². The van der Waals surface area contributed by atoms with Crippen molar-refractivity contribution in [3.8, 4) is 11.3 Å². The van der Waals surface area contributed by atoms with Crippen molar-refractivity contribution in [3.63, 3.8) is 0 Å². The quantitative estimate of drug-likeness (QED) is 0.616. The molecule has 5 nitrogen and oxygen atoms in total. The maximum Gasteiger partial charge on any atom is 0.252 e. The third-order valence-electron chi connectivity index (χ3n) is 4.11. The Labute approximate surface area is 150 Å². The summed E-state index contributed by atoms with van der Waals surface area (Å²) >= 11 is 0. The Balaban J connectivity index is 1.72. The molecule has 0 bridgehead atoms. The molecule has 0 radical (unpaired) electrons. The Morgan fingerprint density at radius 1 is 0.923 bits per heavy atom. The van der Waals surface area contributed by atoms with Crippen LogP contribution in [0.15, 0.2) is 79.4 Å². The summed E-state index contributed by atoms with van der Waals surface area (Å²) in [7, 11) is 0. The predicted octanol–water partition coefficient (Wildman–Crippen LogP) is 3.62. The zero-order valence-electron chi connectivity index (χ0n) is 14.0. The molecule has 0 atom stereocenters. The number of para-hydroxylation sites is 1. The second-order valence-corrected chi connectivity index (χ2v) is 5.85. The van der Waals surface area contributed by atoms with Crippen molar-refractivity contribution in [3.05, 3.63) is 90.5 Å². The Kier molecular flexibility index (Phi) is 4.35. The smallest absolute Gasteiger partial charge is 0.252 e. The van der Waals surface area contributed by atoms with Crippen LogP contribution in [0.1, 0.15) is 15.9 Å². The van der Waals surface area contributed by atoms with Crippen molar-refractivity contribution in [2.45, 2.75) is 6.54 Å². The summed E-state index contributed by atoms with van der Waals surface area (Å²) in [5.41, 5.74) is 4.01. The number of nitrogens with zero attached hydrogens (tertiary/aromatic N) is 3. The monoisotopic (exact) mass is 340 g/mol. The molecule has 1 N–H and O–H groups in total. The van der Waals surface area contributed by atoms with Gasteiger partial charge < -0.3 is 5.32 Å². The van der Waals surface area contributed by atoms with Crippen LogP contribution >= 0.6 is 0 Å². The van der Waals surface area contributed by atoms with Gasteiger partial charge in [0.25, 0.3) is 5.91 Å². The van der Waals surface area contributed by atoms with E-state index < -0.39 is 0 Å². The van der Waals surface area contributed by atoms with Crippen molar-refractivity contribution in [1.82, 2.24) is 20.3 Å². The SMILES string of the molecule is O=C(NCc1cccnc1)c1cc(-c2ccncc2)nc2ccccc12. The number of nitrogens with one attached hydrogen (secondary N) is 1. The lowest BCUT2D eigenvalue weighted by Crippen LogP contribution is -2.23. The predicted molar refractivity (Wildman–Crippen MR) is 100 cm³/mol. The third-order valence-corrected chi connectivity index (χ3v) is 4.11. The Hall–Kier alpha value is -3.60. The van der Waals surface area contributed by atoms with Crippen LogP contribution in [-0.4, -0.2) is 20.9 Å². The van der Waals surface area contributed by atoms with Gasteiger partial charge in [-0.3, -0.25) is 14.8 Å². The van der Waals surface area contributed by atoms with Crippen molar-refractivity contribution < 1.29 is 4.79 Å². The maximum absolute atomic E-state index is 12.8. The van der Waals surface area contributed by atoms with Crippen molar-refractivity contribution in [2.24, 2.45) is 0 Å². The summed E-state index contributed by atoms with van der Waals surface area (Å²) in [6, 6.07) is 17.0. The van der Waals surface area contributed by atoms with Crippen LogP contribution in [0.2, 0.25) is 0 Å². The number of amides is 1. The highest BCUT2D eigenvalue weighted by Crippen LogP contribution is 2.24. The number of fused-ring (bicyclic) bond motifs is 1. The van der Waals surface area contributed by atoms with E-state index in [9.17, 15) is 4.79 Å². The van der Waals surface area contributed by atoms with Gasteiger partial charge in [0.15, 0.2) is 0 Å².